The fourth-order valence-electron chi connectivity index (χ4n) is 4.41. The van der Waals surface area contributed by atoms with E-state index in [-0.39, 0.29) is 24.5 Å². The number of ether oxygens (including phenoxy) is 1. The minimum Gasteiger partial charge on any atom is -0.491 e. The summed E-state index contributed by atoms with van der Waals surface area (Å²) in [5.74, 6) is 0.128. The van der Waals surface area contributed by atoms with Crippen LogP contribution < -0.4 is 9.64 Å². The molecule has 0 atom stereocenters. The highest BCUT2D eigenvalue weighted by Gasteiger charge is 2.43. The predicted octanol–water partition coefficient (Wildman–Crippen LogP) is 2.68. The molecule has 7 heteroatoms. The first-order chi connectivity index (χ1) is 15.9. The Morgan fingerprint density at radius 3 is 2.21 bits per heavy atom. The van der Waals surface area contributed by atoms with Crippen LogP contribution in [0, 0.1) is 6.92 Å². The van der Waals surface area contributed by atoms with Gasteiger partial charge in [-0.1, -0.05) is 30.3 Å². The monoisotopic (exact) mass is 449 g/mol. The third-order valence-electron chi connectivity index (χ3n) is 6.04. The van der Waals surface area contributed by atoms with Crippen molar-refractivity contribution in [2.24, 2.45) is 0 Å². The number of imide groups is 1. The van der Waals surface area contributed by atoms with Crippen LogP contribution in [0.25, 0.3) is 5.57 Å². The largest absolute Gasteiger partial charge is 0.491 e. The normalized spacial score (nSPS) is 17.5. The van der Waals surface area contributed by atoms with E-state index in [2.05, 4.69) is 4.90 Å². The van der Waals surface area contributed by atoms with Crippen LogP contribution in [-0.4, -0.2) is 72.2 Å². The van der Waals surface area contributed by atoms with Crippen LogP contribution in [0.2, 0.25) is 0 Å². The lowest BCUT2D eigenvalue weighted by Gasteiger charge is -2.36. The fourth-order valence-corrected chi connectivity index (χ4v) is 4.41. The summed E-state index contributed by atoms with van der Waals surface area (Å²) < 4.78 is 5.75. The smallest absolute Gasteiger partial charge is 0.282 e. The van der Waals surface area contributed by atoms with Crippen molar-refractivity contribution in [3.8, 4) is 5.75 Å². The molecular formula is C26H31N3O4. The number of para-hydroxylation sites is 1. The number of aliphatic hydroxyl groups excluding tert-OH is 1. The molecule has 2 aliphatic heterocycles. The molecule has 2 amide bonds. The Kier molecular flexibility index (Phi) is 6.81. The molecule has 0 unspecified atom stereocenters. The molecule has 7 nitrogen and oxygen atoms in total. The molecule has 0 spiro atoms. The van der Waals surface area contributed by atoms with Crippen molar-refractivity contribution in [2.75, 3.05) is 44.2 Å². The molecule has 0 bridgehead atoms. The molecule has 0 saturated carbocycles. The number of aliphatic hydroxyl groups is 1. The Morgan fingerprint density at radius 1 is 0.939 bits per heavy atom. The van der Waals surface area contributed by atoms with E-state index in [1.54, 1.807) is 0 Å². The van der Waals surface area contributed by atoms with E-state index in [4.69, 9.17) is 4.74 Å². The summed E-state index contributed by atoms with van der Waals surface area (Å²) in [5, 5.41) is 9.25. The molecule has 0 aliphatic carbocycles. The van der Waals surface area contributed by atoms with Gasteiger partial charge in [0, 0.05) is 32.7 Å². The second-order valence-electron chi connectivity index (χ2n) is 8.70. The average Bonchev–Trinajstić information content (AvgIpc) is 3.05. The topological polar surface area (TPSA) is 73.3 Å². The highest BCUT2D eigenvalue weighted by Crippen LogP contribution is 2.36. The van der Waals surface area contributed by atoms with Crippen molar-refractivity contribution in [1.82, 2.24) is 9.80 Å². The van der Waals surface area contributed by atoms with Gasteiger partial charge in [0.1, 0.15) is 11.4 Å². The molecule has 1 N–H and O–H groups in total. The fraction of sp³-hybridized carbons (Fsp3) is 0.385. The number of benzene rings is 2. The third-order valence-corrected chi connectivity index (χ3v) is 6.04. The summed E-state index contributed by atoms with van der Waals surface area (Å²) in [4.78, 5) is 32.9. The number of anilines is 1. The van der Waals surface area contributed by atoms with Gasteiger partial charge in [-0.25, -0.2) is 4.90 Å². The lowest BCUT2D eigenvalue weighted by molar-refractivity contribution is -0.120. The van der Waals surface area contributed by atoms with E-state index in [0.717, 1.165) is 24.4 Å². The first kappa shape index (κ1) is 23.0. The highest BCUT2D eigenvalue weighted by atomic mass is 16.5. The molecule has 2 aromatic rings. The molecule has 2 aromatic carbocycles. The first-order valence-electron chi connectivity index (χ1n) is 11.4. The number of hydrogen-bond donors (Lipinski definition) is 1. The highest BCUT2D eigenvalue weighted by molar-refractivity contribution is 6.45. The number of piperazine rings is 1. The van der Waals surface area contributed by atoms with Gasteiger partial charge in [-0.3, -0.25) is 14.5 Å². The third kappa shape index (κ3) is 4.65. The summed E-state index contributed by atoms with van der Waals surface area (Å²) in [6.45, 7) is 9.24. The van der Waals surface area contributed by atoms with Crippen LogP contribution in [0.3, 0.4) is 0 Å². The maximum absolute atomic E-state index is 13.7. The molecule has 2 heterocycles. The molecule has 1 saturated heterocycles. The van der Waals surface area contributed by atoms with Crippen molar-refractivity contribution < 1.29 is 19.4 Å². The van der Waals surface area contributed by atoms with E-state index in [1.165, 1.54) is 4.90 Å². The van der Waals surface area contributed by atoms with E-state index < -0.39 is 0 Å². The lowest BCUT2D eigenvalue weighted by atomic mass is 10.0. The molecule has 0 radical (unpaired) electrons. The number of carbonyl (C=O) groups is 2. The van der Waals surface area contributed by atoms with Crippen molar-refractivity contribution in [3.05, 3.63) is 65.4 Å². The van der Waals surface area contributed by atoms with E-state index in [1.807, 2.05) is 74.2 Å². The van der Waals surface area contributed by atoms with Gasteiger partial charge in [0.15, 0.2) is 0 Å². The Labute approximate surface area is 194 Å². The van der Waals surface area contributed by atoms with Gasteiger partial charge >= 0.3 is 0 Å². The summed E-state index contributed by atoms with van der Waals surface area (Å²) in [5.41, 5.74) is 3.06. The number of aryl methyl sites for hydroxylation is 1. The molecule has 1 fully saturated rings. The van der Waals surface area contributed by atoms with Gasteiger partial charge < -0.3 is 14.7 Å². The molecule has 33 heavy (non-hydrogen) atoms. The quantitative estimate of drug-likeness (QED) is 0.656. The van der Waals surface area contributed by atoms with Gasteiger partial charge in [-0.2, -0.15) is 0 Å². The Morgan fingerprint density at radius 2 is 1.61 bits per heavy atom. The van der Waals surface area contributed by atoms with E-state index in [9.17, 15) is 14.7 Å². The van der Waals surface area contributed by atoms with Crippen LogP contribution >= 0.6 is 0 Å². The summed E-state index contributed by atoms with van der Waals surface area (Å²) in [6.07, 6.45) is 0.0482. The first-order valence-corrected chi connectivity index (χ1v) is 11.4. The van der Waals surface area contributed by atoms with Gasteiger partial charge in [-0.15, -0.1) is 0 Å². The zero-order chi connectivity index (χ0) is 23.5. The standard InChI is InChI=1S/C26H31N3O4/c1-18(2)33-21-10-8-20(9-11-21)23-24(28-14-12-27(13-15-28)16-17-30)26(32)29(25(23)31)22-7-5-4-6-19(22)3/h4-11,18,30H,12-17H2,1-3H3. The van der Waals surface area contributed by atoms with Crippen LogP contribution in [0.15, 0.2) is 54.2 Å². The van der Waals surface area contributed by atoms with Crippen molar-refractivity contribution in [2.45, 2.75) is 26.9 Å². The second kappa shape index (κ2) is 9.77. The number of hydrogen-bond acceptors (Lipinski definition) is 6. The molecule has 0 aromatic heterocycles. The van der Waals surface area contributed by atoms with Gasteiger partial charge in [0.2, 0.25) is 0 Å². The number of carbonyl (C=O) groups excluding carboxylic acids is 2. The van der Waals surface area contributed by atoms with Gasteiger partial charge in [0.25, 0.3) is 11.8 Å². The number of amides is 2. The average molecular weight is 450 g/mol. The van der Waals surface area contributed by atoms with Crippen molar-refractivity contribution >= 4 is 23.1 Å². The Bertz CT molecular complexity index is 1050. The lowest BCUT2D eigenvalue weighted by Crippen LogP contribution is -2.48. The van der Waals surface area contributed by atoms with Crippen LogP contribution in [0.4, 0.5) is 5.69 Å². The molecule has 2 aliphatic rings. The number of nitrogens with zero attached hydrogens (tertiary/aromatic N) is 3. The maximum Gasteiger partial charge on any atom is 0.282 e. The van der Waals surface area contributed by atoms with Crippen LogP contribution in [-0.2, 0) is 9.59 Å². The second-order valence-corrected chi connectivity index (χ2v) is 8.70. The molecular weight excluding hydrogens is 418 g/mol. The van der Waals surface area contributed by atoms with Gasteiger partial charge in [0.05, 0.1) is 24.0 Å². The maximum atomic E-state index is 13.7. The minimum absolute atomic E-state index is 0.0482. The predicted molar refractivity (Wildman–Crippen MR) is 128 cm³/mol. The summed E-state index contributed by atoms with van der Waals surface area (Å²) in [7, 11) is 0. The summed E-state index contributed by atoms with van der Waals surface area (Å²) in [6, 6.07) is 14.8. The molecule has 174 valence electrons. The van der Waals surface area contributed by atoms with Crippen LogP contribution in [0.1, 0.15) is 25.0 Å². The van der Waals surface area contributed by atoms with Crippen molar-refractivity contribution in [3.63, 3.8) is 0 Å². The van der Waals surface area contributed by atoms with E-state index >= 15 is 0 Å². The van der Waals surface area contributed by atoms with Crippen molar-refractivity contribution in [1.29, 1.82) is 0 Å². The Hall–Kier alpha value is -3.16. The minimum atomic E-state index is -0.306. The number of rotatable bonds is 7. The SMILES string of the molecule is Cc1ccccc1N1C(=O)C(c2ccc(OC(C)C)cc2)=C(N2CCN(CCO)CC2)C1=O. The summed E-state index contributed by atoms with van der Waals surface area (Å²) >= 11 is 0. The van der Waals surface area contributed by atoms with Crippen LogP contribution in [0.5, 0.6) is 5.75 Å². The zero-order valence-corrected chi connectivity index (χ0v) is 19.5. The number of β-amino-alcohol motifs (C(OH)–C–C–N with tert-alkyl or cyclic N) is 1. The molecule has 4 rings (SSSR count). The van der Waals surface area contributed by atoms with Gasteiger partial charge in [-0.05, 0) is 50.1 Å². The Balaban J connectivity index is 1.73. The zero-order valence-electron chi connectivity index (χ0n) is 19.5. The van der Waals surface area contributed by atoms with E-state index in [0.29, 0.717) is 42.2 Å².